The normalized spacial score (nSPS) is 11.4. The topological polar surface area (TPSA) is 67.2 Å². The van der Waals surface area contributed by atoms with Crippen molar-refractivity contribution < 1.29 is 9.59 Å². The molecule has 0 fully saturated rings. The van der Waals surface area contributed by atoms with E-state index >= 15 is 0 Å². The Bertz CT molecular complexity index is 1140. The van der Waals surface area contributed by atoms with Gasteiger partial charge in [-0.1, -0.05) is 64.4 Å². The van der Waals surface area contributed by atoms with Gasteiger partial charge >= 0.3 is 0 Å². The van der Waals surface area contributed by atoms with Gasteiger partial charge in [0.1, 0.15) is 5.82 Å². The Hall–Kier alpha value is -3.41. The van der Waals surface area contributed by atoms with E-state index < -0.39 is 0 Å². The lowest BCUT2D eigenvalue weighted by Gasteiger charge is -2.17. The zero-order chi connectivity index (χ0) is 24.9. The van der Waals surface area contributed by atoms with Crippen molar-refractivity contribution in [3.8, 4) is 5.69 Å². The van der Waals surface area contributed by atoms with E-state index in [4.69, 9.17) is 5.10 Å². The molecule has 6 heteroatoms. The molecule has 0 aliphatic rings. The van der Waals surface area contributed by atoms with E-state index in [1.165, 1.54) is 10.5 Å². The highest BCUT2D eigenvalue weighted by Gasteiger charge is 2.23. The van der Waals surface area contributed by atoms with Gasteiger partial charge in [0.15, 0.2) is 0 Å². The molecule has 0 spiro atoms. The van der Waals surface area contributed by atoms with E-state index in [0.29, 0.717) is 11.4 Å². The van der Waals surface area contributed by atoms with E-state index in [2.05, 4.69) is 33.0 Å². The van der Waals surface area contributed by atoms with Gasteiger partial charge in [0.2, 0.25) is 5.91 Å². The fraction of sp³-hybridized carbons (Fsp3) is 0.393. The van der Waals surface area contributed by atoms with Gasteiger partial charge < -0.3 is 10.2 Å². The molecule has 3 aromatic rings. The molecule has 1 N–H and O–H groups in total. The molecule has 0 atom stereocenters. The van der Waals surface area contributed by atoms with Gasteiger partial charge in [-0.15, -0.1) is 0 Å². The van der Waals surface area contributed by atoms with Crippen molar-refractivity contribution in [3.63, 3.8) is 0 Å². The van der Waals surface area contributed by atoms with E-state index in [-0.39, 0.29) is 23.8 Å². The third-order valence-electron chi connectivity index (χ3n) is 5.84. The van der Waals surface area contributed by atoms with Crippen LogP contribution in [-0.4, -0.2) is 40.1 Å². The molecular formula is C28H36N4O2. The van der Waals surface area contributed by atoms with Crippen molar-refractivity contribution in [1.82, 2.24) is 14.7 Å². The van der Waals surface area contributed by atoms with E-state index in [1.807, 2.05) is 61.5 Å². The SMILES string of the molecule is CCCCc1ccc(C(=O)N(C)CC(=O)Nc2cc(C(C)(C)C)nn2-c2ccccc2C)cc1. The van der Waals surface area contributed by atoms with E-state index in [0.717, 1.165) is 36.2 Å². The predicted molar refractivity (Wildman–Crippen MR) is 138 cm³/mol. The Kier molecular flexibility index (Phi) is 7.92. The average Bonchev–Trinajstić information content (AvgIpc) is 3.21. The minimum atomic E-state index is -0.273. The van der Waals surface area contributed by atoms with Gasteiger partial charge in [0.05, 0.1) is 17.9 Å². The Balaban J connectivity index is 1.74. The summed E-state index contributed by atoms with van der Waals surface area (Å²) < 4.78 is 1.77. The van der Waals surface area contributed by atoms with Crippen molar-refractivity contribution in [3.05, 3.63) is 77.0 Å². The summed E-state index contributed by atoms with van der Waals surface area (Å²) in [4.78, 5) is 27.2. The number of nitrogens with zero attached hydrogens (tertiary/aromatic N) is 3. The highest BCUT2D eigenvalue weighted by Crippen LogP contribution is 2.27. The number of nitrogens with one attached hydrogen (secondary N) is 1. The van der Waals surface area contributed by atoms with Crippen LogP contribution in [0.3, 0.4) is 0 Å². The van der Waals surface area contributed by atoms with Crippen LogP contribution in [-0.2, 0) is 16.6 Å². The number of amides is 2. The lowest BCUT2D eigenvalue weighted by molar-refractivity contribution is -0.116. The molecule has 0 radical (unpaired) electrons. The molecule has 0 bridgehead atoms. The van der Waals surface area contributed by atoms with Crippen LogP contribution in [0.15, 0.2) is 54.6 Å². The summed E-state index contributed by atoms with van der Waals surface area (Å²) in [6.45, 7) is 10.4. The number of hydrogen-bond acceptors (Lipinski definition) is 3. The number of likely N-dealkylation sites (N-methyl/N-ethyl adjacent to an activating group) is 1. The van der Waals surface area contributed by atoms with Crippen molar-refractivity contribution in [1.29, 1.82) is 0 Å². The maximum absolute atomic E-state index is 12.9. The summed E-state index contributed by atoms with van der Waals surface area (Å²) in [7, 11) is 1.64. The molecule has 2 amide bonds. The number of rotatable bonds is 8. The van der Waals surface area contributed by atoms with Crippen LogP contribution in [0.4, 0.5) is 5.82 Å². The molecule has 1 aromatic heterocycles. The summed E-state index contributed by atoms with van der Waals surface area (Å²) in [6, 6.07) is 17.5. The van der Waals surface area contributed by atoms with Gasteiger partial charge in [-0.05, 0) is 49.1 Å². The lowest BCUT2D eigenvalue weighted by Crippen LogP contribution is -2.35. The molecular weight excluding hydrogens is 424 g/mol. The minimum absolute atomic E-state index is 0.0553. The molecule has 2 aromatic carbocycles. The summed E-state index contributed by atoms with van der Waals surface area (Å²) in [5.41, 5.74) is 4.45. The average molecular weight is 461 g/mol. The van der Waals surface area contributed by atoms with Gasteiger partial charge in [-0.25, -0.2) is 4.68 Å². The number of benzene rings is 2. The lowest BCUT2D eigenvalue weighted by atomic mass is 9.92. The summed E-state index contributed by atoms with van der Waals surface area (Å²) in [5, 5.41) is 7.74. The van der Waals surface area contributed by atoms with Crippen LogP contribution in [0.2, 0.25) is 0 Å². The zero-order valence-corrected chi connectivity index (χ0v) is 21.2. The van der Waals surface area contributed by atoms with Gasteiger partial charge in [-0.2, -0.15) is 5.10 Å². The number of carbonyl (C=O) groups excluding carboxylic acids is 2. The summed E-state index contributed by atoms with van der Waals surface area (Å²) in [5.74, 6) is 0.135. The second kappa shape index (κ2) is 10.7. The van der Waals surface area contributed by atoms with Crippen LogP contribution in [0.25, 0.3) is 5.69 Å². The standard InChI is InChI=1S/C28H36N4O2/c1-7-8-12-21-14-16-22(17-15-21)27(34)31(6)19-26(33)29-25-18-24(28(3,4)5)30-32(25)23-13-10-9-11-20(23)2/h9-11,13-18H,7-8,12,19H2,1-6H3,(H,29,33). The Morgan fingerprint density at radius 3 is 2.35 bits per heavy atom. The Morgan fingerprint density at radius 1 is 1.06 bits per heavy atom. The fourth-order valence-electron chi connectivity index (χ4n) is 3.71. The van der Waals surface area contributed by atoms with E-state index in [9.17, 15) is 9.59 Å². The molecule has 0 aliphatic carbocycles. The summed E-state index contributed by atoms with van der Waals surface area (Å²) in [6.07, 6.45) is 3.27. The number of aryl methyl sites for hydroxylation is 2. The second-order valence-electron chi connectivity index (χ2n) is 9.87. The molecule has 3 rings (SSSR count). The number of unbranched alkanes of at least 4 members (excludes halogenated alkanes) is 1. The summed E-state index contributed by atoms with van der Waals surface area (Å²) >= 11 is 0. The van der Waals surface area contributed by atoms with Crippen LogP contribution in [0.1, 0.15) is 67.7 Å². The molecule has 34 heavy (non-hydrogen) atoms. The van der Waals surface area contributed by atoms with Crippen molar-refractivity contribution in [2.45, 2.75) is 59.3 Å². The number of hydrogen-bond donors (Lipinski definition) is 1. The number of carbonyl (C=O) groups is 2. The number of aromatic nitrogens is 2. The molecule has 6 nitrogen and oxygen atoms in total. The van der Waals surface area contributed by atoms with Crippen LogP contribution in [0, 0.1) is 6.92 Å². The van der Waals surface area contributed by atoms with Crippen LogP contribution < -0.4 is 5.32 Å². The maximum Gasteiger partial charge on any atom is 0.254 e. The fourth-order valence-corrected chi connectivity index (χ4v) is 3.71. The molecule has 1 heterocycles. The first-order valence-corrected chi connectivity index (χ1v) is 11.9. The van der Waals surface area contributed by atoms with Gasteiger partial charge in [0.25, 0.3) is 5.91 Å². The monoisotopic (exact) mass is 460 g/mol. The van der Waals surface area contributed by atoms with Gasteiger partial charge in [0, 0.05) is 24.1 Å². The first-order chi connectivity index (χ1) is 16.1. The maximum atomic E-state index is 12.9. The minimum Gasteiger partial charge on any atom is -0.332 e. The Morgan fingerprint density at radius 2 is 1.74 bits per heavy atom. The molecule has 0 saturated heterocycles. The second-order valence-corrected chi connectivity index (χ2v) is 9.87. The van der Waals surface area contributed by atoms with Crippen LogP contribution >= 0.6 is 0 Å². The molecule has 0 saturated carbocycles. The predicted octanol–water partition coefficient (Wildman–Crippen LogP) is 5.53. The van der Waals surface area contributed by atoms with Crippen molar-refractivity contribution >= 4 is 17.6 Å². The first-order valence-electron chi connectivity index (χ1n) is 11.9. The first kappa shape index (κ1) is 25.2. The van der Waals surface area contributed by atoms with E-state index in [1.54, 1.807) is 11.7 Å². The third kappa shape index (κ3) is 6.13. The quantitative estimate of drug-likeness (QED) is 0.480. The smallest absolute Gasteiger partial charge is 0.254 e. The largest absolute Gasteiger partial charge is 0.332 e. The van der Waals surface area contributed by atoms with Crippen molar-refractivity contribution in [2.24, 2.45) is 0 Å². The molecule has 180 valence electrons. The van der Waals surface area contributed by atoms with Crippen molar-refractivity contribution in [2.75, 3.05) is 18.9 Å². The highest BCUT2D eigenvalue weighted by molar-refractivity contribution is 5.99. The highest BCUT2D eigenvalue weighted by atomic mass is 16.2. The zero-order valence-electron chi connectivity index (χ0n) is 21.2. The third-order valence-corrected chi connectivity index (χ3v) is 5.84. The number of anilines is 1. The number of para-hydroxylation sites is 1. The molecule has 0 aliphatic heterocycles. The molecule has 0 unspecified atom stereocenters. The Labute approximate surface area is 203 Å². The van der Waals surface area contributed by atoms with Gasteiger partial charge in [-0.3, -0.25) is 9.59 Å². The van der Waals surface area contributed by atoms with Crippen LogP contribution in [0.5, 0.6) is 0 Å².